The highest BCUT2D eigenvalue weighted by molar-refractivity contribution is 7.10. The van der Waals surface area contributed by atoms with E-state index in [-0.39, 0.29) is 0 Å². The third kappa shape index (κ3) is 2.20. The van der Waals surface area contributed by atoms with Gasteiger partial charge in [0.2, 0.25) is 0 Å². The zero-order valence-electron chi connectivity index (χ0n) is 11.0. The van der Waals surface area contributed by atoms with Gasteiger partial charge in [0.05, 0.1) is 29.5 Å². The summed E-state index contributed by atoms with van der Waals surface area (Å²) in [6, 6.07) is 7.17. The highest BCUT2D eigenvalue weighted by Gasteiger charge is 2.10. The average Bonchev–Trinajstić information content (AvgIpc) is 3.05. The molecule has 0 saturated heterocycles. The van der Waals surface area contributed by atoms with Gasteiger partial charge in [-0.25, -0.2) is 9.78 Å². The fourth-order valence-corrected chi connectivity index (χ4v) is 3.27. The Kier molecular flexibility index (Phi) is 3.28. The molecule has 102 valence electrons. The van der Waals surface area contributed by atoms with Gasteiger partial charge < -0.3 is 9.67 Å². The highest BCUT2D eigenvalue weighted by Crippen LogP contribution is 2.22. The van der Waals surface area contributed by atoms with Crippen LogP contribution in [0.4, 0.5) is 0 Å². The molecule has 2 aromatic heterocycles. The van der Waals surface area contributed by atoms with Gasteiger partial charge in [-0.1, -0.05) is 6.92 Å². The van der Waals surface area contributed by atoms with Crippen molar-refractivity contribution < 1.29 is 9.90 Å². The Bertz CT molecular complexity index is 773. The molecular weight excluding hydrogens is 272 g/mol. The summed E-state index contributed by atoms with van der Waals surface area (Å²) in [5.41, 5.74) is 3.32. The van der Waals surface area contributed by atoms with Crippen LogP contribution >= 0.6 is 11.3 Å². The quantitative estimate of drug-likeness (QED) is 0.799. The van der Waals surface area contributed by atoms with E-state index in [9.17, 15) is 4.79 Å². The summed E-state index contributed by atoms with van der Waals surface area (Å²) >= 11 is 1.73. The van der Waals surface area contributed by atoms with Crippen molar-refractivity contribution in [3.8, 4) is 0 Å². The first kappa shape index (κ1) is 12.9. The van der Waals surface area contributed by atoms with E-state index in [0.717, 1.165) is 24.0 Å². The number of carbonyl (C=O) groups is 1. The molecule has 0 aliphatic rings. The molecule has 0 saturated carbocycles. The minimum atomic E-state index is -0.912. The Morgan fingerprint density at radius 3 is 3.00 bits per heavy atom. The topological polar surface area (TPSA) is 55.1 Å². The second-order valence-corrected chi connectivity index (χ2v) is 5.60. The van der Waals surface area contributed by atoms with E-state index < -0.39 is 5.97 Å². The standard InChI is InChI=1S/C15H14N2O2S/c1-2-10-5-6-20-14(10)8-17-9-16-12-4-3-11(15(18)19)7-13(12)17/h3-7,9H,2,8H2,1H3,(H,18,19). The van der Waals surface area contributed by atoms with E-state index in [2.05, 4.69) is 23.4 Å². The number of hydrogen-bond acceptors (Lipinski definition) is 3. The first-order chi connectivity index (χ1) is 9.69. The van der Waals surface area contributed by atoms with E-state index in [0.29, 0.717) is 5.56 Å². The third-order valence-electron chi connectivity index (χ3n) is 3.40. The number of aromatic nitrogens is 2. The predicted octanol–water partition coefficient (Wildman–Crippen LogP) is 3.41. The van der Waals surface area contributed by atoms with Crippen molar-refractivity contribution in [3.05, 3.63) is 52.0 Å². The highest BCUT2D eigenvalue weighted by atomic mass is 32.1. The number of rotatable bonds is 4. The van der Waals surface area contributed by atoms with Crippen LogP contribution in [-0.2, 0) is 13.0 Å². The molecule has 0 bridgehead atoms. The summed E-state index contributed by atoms with van der Waals surface area (Å²) < 4.78 is 2.01. The second kappa shape index (κ2) is 5.09. The number of thiophene rings is 1. The maximum atomic E-state index is 11.1. The van der Waals surface area contributed by atoms with Crippen LogP contribution < -0.4 is 0 Å². The van der Waals surface area contributed by atoms with E-state index in [1.807, 2.05) is 4.57 Å². The third-order valence-corrected chi connectivity index (χ3v) is 4.35. The van der Waals surface area contributed by atoms with Gasteiger partial charge in [0.15, 0.2) is 0 Å². The summed E-state index contributed by atoms with van der Waals surface area (Å²) in [6.07, 6.45) is 2.78. The van der Waals surface area contributed by atoms with Gasteiger partial charge >= 0.3 is 5.97 Å². The van der Waals surface area contributed by atoms with E-state index in [1.54, 1.807) is 35.9 Å². The van der Waals surface area contributed by atoms with Gasteiger partial charge in [0.25, 0.3) is 0 Å². The van der Waals surface area contributed by atoms with E-state index in [1.165, 1.54) is 10.4 Å². The fraction of sp³-hybridized carbons (Fsp3) is 0.200. The number of aryl methyl sites for hydroxylation is 1. The minimum absolute atomic E-state index is 0.293. The molecular formula is C15H14N2O2S. The zero-order valence-corrected chi connectivity index (χ0v) is 11.9. The Morgan fingerprint density at radius 1 is 1.40 bits per heavy atom. The smallest absolute Gasteiger partial charge is 0.335 e. The molecule has 0 fully saturated rings. The maximum absolute atomic E-state index is 11.1. The van der Waals surface area contributed by atoms with E-state index >= 15 is 0 Å². The SMILES string of the molecule is CCc1ccsc1Cn1cnc2ccc(C(=O)O)cc21. The van der Waals surface area contributed by atoms with Crippen LogP contribution in [0.5, 0.6) is 0 Å². The predicted molar refractivity (Wildman–Crippen MR) is 79.5 cm³/mol. The summed E-state index contributed by atoms with van der Waals surface area (Å²) in [4.78, 5) is 16.7. The molecule has 0 spiro atoms. The summed E-state index contributed by atoms with van der Waals surface area (Å²) in [5.74, 6) is -0.912. The molecule has 0 radical (unpaired) electrons. The maximum Gasteiger partial charge on any atom is 0.335 e. The van der Waals surface area contributed by atoms with Crippen LogP contribution in [0.2, 0.25) is 0 Å². The zero-order chi connectivity index (χ0) is 14.1. The molecule has 3 aromatic rings. The molecule has 3 rings (SSSR count). The monoisotopic (exact) mass is 286 g/mol. The molecule has 1 N–H and O–H groups in total. The Morgan fingerprint density at radius 2 is 2.25 bits per heavy atom. The lowest BCUT2D eigenvalue weighted by molar-refractivity contribution is 0.0697. The number of hydrogen-bond donors (Lipinski definition) is 1. The van der Waals surface area contributed by atoms with Crippen LogP contribution in [0, 0.1) is 0 Å². The number of carboxylic acid groups (broad SMARTS) is 1. The van der Waals surface area contributed by atoms with Crippen molar-refractivity contribution in [2.75, 3.05) is 0 Å². The molecule has 1 aromatic carbocycles. The van der Waals surface area contributed by atoms with Gasteiger partial charge in [-0.15, -0.1) is 11.3 Å². The molecule has 4 nitrogen and oxygen atoms in total. The van der Waals surface area contributed by atoms with Gasteiger partial charge in [-0.3, -0.25) is 0 Å². The van der Waals surface area contributed by atoms with Gasteiger partial charge in [-0.2, -0.15) is 0 Å². The molecule has 5 heteroatoms. The summed E-state index contributed by atoms with van der Waals surface area (Å²) in [5, 5.41) is 11.2. The van der Waals surface area contributed by atoms with Crippen molar-refractivity contribution in [2.45, 2.75) is 19.9 Å². The summed E-state index contributed by atoms with van der Waals surface area (Å²) in [7, 11) is 0. The number of carboxylic acids is 1. The Hall–Kier alpha value is -2.14. The van der Waals surface area contributed by atoms with Crippen molar-refractivity contribution in [1.82, 2.24) is 9.55 Å². The van der Waals surface area contributed by atoms with Gasteiger partial charge in [0.1, 0.15) is 0 Å². The van der Waals surface area contributed by atoms with Crippen LogP contribution in [0.25, 0.3) is 11.0 Å². The van der Waals surface area contributed by atoms with Gasteiger partial charge in [0, 0.05) is 4.88 Å². The normalized spacial score (nSPS) is 11.1. The number of nitrogens with zero attached hydrogens (tertiary/aromatic N) is 2. The van der Waals surface area contributed by atoms with Crippen molar-refractivity contribution in [1.29, 1.82) is 0 Å². The molecule has 0 amide bonds. The van der Waals surface area contributed by atoms with Crippen LogP contribution in [0.1, 0.15) is 27.7 Å². The summed E-state index contributed by atoms with van der Waals surface area (Å²) in [6.45, 7) is 2.88. The number of benzene rings is 1. The average molecular weight is 286 g/mol. The lowest BCUT2D eigenvalue weighted by Gasteiger charge is -2.05. The molecule has 20 heavy (non-hydrogen) atoms. The fourth-order valence-electron chi connectivity index (χ4n) is 2.29. The number of aromatic carboxylic acids is 1. The van der Waals surface area contributed by atoms with E-state index in [4.69, 9.17) is 5.11 Å². The van der Waals surface area contributed by atoms with Crippen molar-refractivity contribution in [2.24, 2.45) is 0 Å². The Balaban J connectivity index is 2.03. The number of imidazole rings is 1. The van der Waals surface area contributed by atoms with Crippen LogP contribution in [0.15, 0.2) is 36.0 Å². The molecule has 0 unspecified atom stereocenters. The number of fused-ring (bicyclic) bond motifs is 1. The minimum Gasteiger partial charge on any atom is -0.478 e. The van der Waals surface area contributed by atoms with Gasteiger partial charge in [-0.05, 0) is 41.6 Å². The van der Waals surface area contributed by atoms with Crippen LogP contribution in [-0.4, -0.2) is 20.6 Å². The molecule has 0 aliphatic carbocycles. The van der Waals surface area contributed by atoms with Crippen LogP contribution in [0.3, 0.4) is 0 Å². The van der Waals surface area contributed by atoms with Crippen molar-refractivity contribution >= 4 is 28.3 Å². The lowest BCUT2D eigenvalue weighted by atomic mass is 10.2. The largest absolute Gasteiger partial charge is 0.478 e. The molecule has 0 aliphatic heterocycles. The van der Waals surface area contributed by atoms with Crippen molar-refractivity contribution in [3.63, 3.8) is 0 Å². The first-order valence-corrected chi connectivity index (χ1v) is 7.30. The molecule has 0 atom stereocenters. The Labute approximate surface area is 120 Å². The first-order valence-electron chi connectivity index (χ1n) is 6.42. The second-order valence-electron chi connectivity index (χ2n) is 4.60. The lowest BCUT2D eigenvalue weighted by Crippen LogP contribution is -2.00. The molecule has 2 heterocycles.